The summed E-state index contributed by atoms with van der Waals surface area (Å²) in [5.74, 6) is -0.460. The van der Waals surface area contributed by atoms with Gasteiger partial charge in [0.1, 0.15) is 5.70 Å². The Morgan fingerprint density at radius 3 is 2.13 bits per heavy atom. The lowest BCUT2D eigenvalue weighted by atomic mass is 10.0. The van der Waals surface area contributed by atoms with Crippen LogP contribution in [-0.2, 0) is 9.59 Å². The zero-order chi connectivity index (χ0) is 21.5. The van der Waals surface area contributed by atoms with Gasteiger partial charge in [0.15, 0.2) is 0 Å². The van der Waals surface area contributed by atoms with Crippen LogP contribution in [0.1, 0.15) is 51.0 Å². The number of hydrogen-bond acceptors (Lipinski definition) is 3. The molecule has 5 heteroatoms. The van der Waals surface area contributed by atoms with Gasteiger partial charge in [0.25, 0.3) is 11.8 Å². The molecule has 0 aliphatic carbocycles. The minimum atomic E-state index is -0.232. The van der Waals surface area contributed by atoms with E-state index in [0.29, 0.717) is 28.4 Å². The highest BCUT2D eigenvalue weighted by atomic mass is 35.5. The number of imide groups is 1. The van der Waals surface area contributed by atoms with Gasteiger partial charge in [0.05, 0.1) is 5.57 Å². The molecule has 2 aromatic carbocycles. The van der Waals surface area contributed by atoms with Gasteiger partial charge in [-0.3, -0.25) is 14.5 Å². The minimum absolute atomic E-state index is 0.228. The second-order valence-corrected chi connectivity index (χ2v) is 8.09. The number of carbonyl (C=O) groups is 2. The molecule has 4 nitrogen and oxygen atoms in total. The summed E-state index contributed by atoms with van der Waals surface area (Å²) in [6, 6.07) is 16.7. The molecule has 0 atom stereocenters. The fraction of sp³-hybridized carbons (Fsp3) is 0.360. The van der Waals surface area contributed by atoms with Crippen LogP contribution in [0.3, 0.4) is 0 Å². The lowest BCUT2D eigenvalue weighted by Crippen LogP contribution is -2.35. The van der Waals surface area contributed by atoms with Gasteiger partial charge in [-0.1, -0.05) is 81.0 Å². The average molecular weight is 425 g/mol. The fourth-order valence-electron chi connectivity index (χ4n) is 3.79. The van der Waals surface area contributed by atoms with Crippen molar-refractivity contribution < 1.29 is 9.59 Å². The molecule has 0 aromatic heterocycles. The summed E-state index contributed by atoms with van der Waals surface area (Å²) in [6.45, 7) is 2.64. The summed E-state index contributed by atoms with van der Waals surface area (Å²) in [6.07, 6.45) is 6.63. The molecule has 3 rings (SSSR count). The number of halogens is 1. The molecule has 1 heterocycles. The number of likely N-dealkylation sites (N-methyl/N-ethyl adjacent to an activating group) is 1. The van der Waals surface area contributed by atoms with E-state index < -0.39 is 0 Å². The summed E-state index contributed by atoms with van der Waals surface area (Å²) in [5.41, 5.74) is 2.43. The van der Waals surface area contributed by atoms with Gasteiger partial charge in [-0.25, -0.2) is 0 Å². The molecule has 1 aliphatic rings. The van der Waals surface area contributed by atoms with Crippen LogP contribution in [0.4, 0.5) is 5.69 Å². The molecule has 1 aliphatic heterocycles. The van der Waals surface area contributed by atoms with Crippen LogP contribution in [0, 0.1) is 0 Å². The van der Waals surface area contributed by atoms with Crippen molar-refractivity contribution in [3.63, 3.8) is 0 Å². The molecule has 0 spiro atoms. The largest absolute Gasteiger partial charge is 0.339 e. The highest BCUT2D eigenvalue weighted by Crippen LogP contribution is 2.34. The standard InChI is InChI=1S/C25H29ClN2O2/c1-3-4-5-6-7-11-18-28-24(29)22(19-14-16-20(26)17-15-19)23(25(28)30)27(2)21-12-9-8-10-13-21/h8-10,12-17H,3-7,11,18H2,1-2H3. The van der Waals surface area contributed by atoms with E-state index in [9.17, 15) is 9.59 Å². The number of nitrogens with zero attached hydrogens (tertiary/aromatic N) is 2. The second kappa shape index (κ2) is 10.4. The van der Waals surface area contributed by atoms with Crippen molar-refractivity contribution in [1.29, 1.82) is 0 Å². The van der Waals surface area contributed by atoms with Gasteiger partial charge in [-0.2, -0.15) is 0 Å². The van der Waals surface area contributed by atoms with Crippen molar-refractivity contribution in [2.75, 3.05) is 18.5 Å². The summed E-state index contributed by atoms with van der Waals surface area (Å²) in [5, 5.41) is 0.595. The molecule has 0 bridgehead atoms. The number of para-hydroxylation sites is 1. The number of benzene rings is 2. The third-order valence-corrected chi connectivity index (χ3v) is 5.74. The molecule has 0 unspecified atom stereocenters. The zero-order valence-electron chi connectivity index (χ0n) is 17.7. The maximum Gasteiger partial charge on any atom is 0.278 e. The first-order chi connectivity index (χ1) is 14.5. The van der Waals surface area contributed by atoms with Gasteiger partial charge >= 0.3 is 0 Å². The van der Waals surface area contributed by atoms with Crippen LogP contribution in [0.15, 0.2) is 60.3 Å². The van der Waals surface area contributed by atoms with E-state index in [0.717, 1.165) is 24.9 Å². The Morgan fingerprint density at radius 2 is 1.47 bits per heavy atom. The van der Waals surface area contributed by atoms with Crippen LogP contribution in [-0.4, -0.2) is 30.3 Å². The van der Waals surface area contributed by atoms with Crippen LogP contribution < -0.4 is 4.90 Å². The summed E-state index contributed by atoms with van der Waals surface area (Å²) < 4.78 is 0. The first kappa shape index (κ1) is 22.1. The number of anilines is 1. The third kappa shape index (κ3) is 4.93. The van der Waals surface area contributed by atoms with Crippen molar-refractivity contribution >= 4 is 34.7 Å². The lowest BCUT2D eigenvalue weighted by molar-refractivity contribution is -0.136. The molecule has 0 fully saturated rings. The number of rotatable bonds is 10. The predicted octanol–water partition coefficient (Wildman–Crippen LogP) is 5.92. The van der Waals surface area contributed by atoms with Crippen molar-refractivity contribution in [2.45, 2.75) is 45.4 Å². The number of unbranched alkanes of at least 4 members (excludes halogenated alkanes) is 5. The van der Waals surface area contributed by atoms with Crippen molar-refractivity contribution in [1.82, 2.24) is 4.90 Å². The average Bonchev–Trinajstić information content (AvgIpc) is 3.01. The quantitative estimate of drug-likeness (QED) is 0.351. The molecule has 30 heavy (non-hydrogen) atoms. The number of carbonyl (C=O) groups excluding carboxylic acids is 2. The molecule has 2 amide bonds. The van der Waals surface area contributed by atoms with Gasteiger partial charge in [0, 0.05) is 24.3 Å². The van der Waals surface area contributed by atoms with Crippen molar-refractivity contribution in [3.05, 3.63) is 70.9 Å². The monoisotopic (exact) mass is 424 g/mol. The van der Waals surface area contributed by atoms with E-state index in [4.69, 9.17) is 11.6 Å². The highest BCUT2D eigenvalue weighted by Gasteiger charge is 2.40. The summed E-state index contributed by atoms with van der Waals surface area (Å²) >= 11 is 6.04. The summed E-state index contributed by atoms with van der Waals surface area (Å²) in [7, 11) is 1.83. The minimum Gasteiger partial charge on any atom is -0.339 e. The maximum absolute atomic E-state index is 13.3. The summed E-state index contributed by atoms with van der Waals surface area (Å²) in [4.78, 5) is 29.8. The Hall–Kier alpha value is -2.59. The third-order valence-electron chi connectivity index (χ3n) is 5.49. The first-order valence-electron chi connectivity index (χ1n) is 10.7. The fourth-order valence-corrected chi connectivity index (χ4v) is 3.91. The van der Waals surface area contributed by atoms with Gasteiger partial charge in [-0.05, 0) is 36.2 Å². The Bertz CT molecular complexity index is 907. The lowest BCUT2D eigenvalue weighted by Gasteiger charge is -2.21. The number of amides is 2. The van der Waals surface area contributed by atoms with Crippen LogP contribution in [0.5, 0.6) is 0 Å². The van der Waals surface area contributed by atoms with Crippen LogP contribution in [0.2, 0.25) is 5.02 Å². The van der Waals surface area contributed by atoms with Crippen molar-refractivity contribution in [2.24, 2.45) is 0 Å². The zero-order valence-corrected chi connectivity index (χ0v) is 18.5. The first-order valence-corrected chi connectivity index (χ1v) is 11.1. The number of hydrogen-bond donors (Lipinski definition) is 0. The Morgan fingerprint density at radius 1 is 0.833 bits per heavy atom. The SMILES string of the molecule is CCCCCCCCN1C(=O)C(c2ccc(Cl)cc2)=C(N(C)c2ccccc2)C1=O. The molecule has 0 saturated heterocycles. The molecule has 0 N–H and O–H groups in total. The molecular formula is C25H29ClN2O2. The predicted molar refractivity (Wildman–Crippen MR) is 123 cm³/mol. The maximum atomic E-state index is 13.3. The smallest absolute Gasteiger partial charge is 0.278 e. The van der Waals surface area contributed by atoms with E-state index in [-0.39, 0.29) is 11.8 Å². The highest BCUT2D eigenvalue weighted by molar-refractivity contribution is 6.37. The van der Waals surface area contributed by atoms with Crippen LogP contribution >= 0.6 is 11.6 Å². The van der Waals surface area contributed by atoms with Gasteiger partial charge < -0.3 is 4.90 Å². The Balaban J connectivity index is 1.86. The van der Waals surface area contributed by atoms with E-state index in [2.05, 4.69) is 6.92 Å². The van der Waals surface area contributed by atoms with Gasteiger partial charge in [-0.15, -0.1) is 0 Å². The normalized spacial score (nSPS) is 14.0. The van der Waals surface area contributed by atoms with Crippen LogP contribution in [0.25, 0.3) is 5.57 Å². The Kier molecular flexibility index (Phi) is 7.69. The van der Waals surface area contributed by atoms with E-state index >= 15 is 0 Å². The topological polar surface area (TPSA) is 40.6 Å². The second-order valence-electron chi connectivity index (χ2n) is 7.65. The Labute approximate surface area is 184 Å². The molecule has 0 radical (unpaired) electrons. The van der Waals surface area contributed by atoms with Crippen molar-refractivity contribution in [3.8, 4) is 0 Å². The van der Waals surface area contributed by atoms with Gasteiger partial charge in [0.2, 0.25) is 0 Å². The molecular weight excluding hydrogens is 396 g/mol. The van der Waals surface area contributed by atoms with E-state index in [1.165, 1.54) is 24.2 Å². The molecule has 2 aromatic rings. The van der Waals surface area contributed by atoms with E-state index in [1.54, 1.807) is 24.3 Å². The molecule has 0 saturated carbocycles. The molecule has 158 valence electrons. The van der Waals surface area contributed by atoms with E-state index in [1.807, 2.05) is 42.3 Å².